The quantitative estimate of drug-likeness (QED) is 0.529. The van der Waals surface area contributed by atoms with Gasteiger partial charge < -0.3 is 10.1 Å². The van der Waals surface area contributed by atoms with Crippen molar-refractivity contribution in [3.63, 3.8) is 0 Å². The molecule has 0 aliphatic rings. The minimum atomic E-state index is -0.544. The number of aromatic nitrogens is 3. The number of nitrogens with zero attached hydrogens (tertiary/aromatic N) is 2. The number of H-pyrrole nitrogens is 1. The number of fused-ring (bicyclic) bond motifs is 2. The molecule has 0 unspecified atom stereocenters. The molecule has 0 aliphatic heterocycles. The van der Waals surface area contributed by atoms with Crippen LogP contribution in [0.15, 0.2) is 39.9 Å². The molecule has 6 nitrogen and oxygen atoms in total. The van der Waals surface area contributed by atoms with E-state index in [1.807, 2.05) is 19.1 Å². The van der Waals surface area contributed by atoms with Crippen molar-refractivity contribution in [3.8, 4) is 5.88 Å². The minimum Gasteiger partial charge on any atom is -0.491 e. The fourth-order valence-corrected chi connectivity index (χ4v) is 3.84. The van der Waals surface area contributed by atoms with Crippen molar-refractivity contribution in [3.05, 3.63) is 65.7 Å². The zero-order valence-corrected chi connectivity index (χ0v) is 14.6. The second kappa shape index (κ2) is 5.72. The summed E-state index contributed by atoms with van der Waals surface area (Å²) in [5.74, 6) is -0.401. The third kappa shape index (κ3) is 2.61. The maximum atomic E-state index is 12.8. The first-order valence-corrected chi connectivity index (χ1v) is 8.64. The largest absolute Gasteiger partial charge is 0.491 e. The highest BCUT2D eigenvalue weighted by Gasteiger charge is 2.16. The molecule has 0 radical (unpaired) electrons. The van der Waals surface area contributed by atoms with Gasteiger partial charge in [0.2, 0.25) is 5.43 Å². The lowest BCUT2D eigenvalue weighted by Crippen LogP contribution is -2.27. The summed E-state index contributed by atoms with van der Waals surface area (Å²) in [6.07, 6.45) is 0. The lowest BCUT2D eigenvalue weighted by Gasteiger charge is -2.08. The standard InChI is InChI=1S/C17H12ClN3O3S/c1-8-2-4-10(25-8)7-21-17(24)13-14(16(23)20-21)19-12-6-9(18)3-5-11(12)15(13)22/h2-6H,7H2,1H3,(H,19,22)(H,20,23). The van der Waals surface area contributed by atoms with Gasteiger partial charge in [0.25, 0.3) is 11.4 Å². The Morgan fingerprint density at radius 2 is 2.08 bits per heavy atom. The second-order valence-electron chi connectivity index (χ2n) is 5.69. The fraction of sp³-hybridized carbons (Fsp3) is 0.118. The third-order valence-corrected chi connectivity index (χ3v) is 5.17. The molecule has 0 saturated carbocycles. The normalized spacial score (nSPS) is 11.4. The highest BCUT2D eigenvalue weighted by molar-refractivity contribution is 7.11. The molecule has 4 aromatic rings. The monoisotopic (exact) mass is 373 g/mol. The summed E-state index contributed by atoms with van der Waals surface area (Å²) in [4.78, 5) is 30.4. The van der Waals surface area contributed by atoms with Crippen molar-refractivity contribution in [1.29, 1.82) is 0 Å². The van der Waals surface area contributed by atoms with E-state index in [1.54, 1.807) is 18.2 Å². The molecular formula is C17H12ClN3O3S. The van der Waals surface area contributed by atoms with E-state index >= 15 is 0 Å². The van der Waals surface area contributed by atoms with Crippen molar-refractivity contribution >= 4 is 44.7 Å². The van der Waals surface area contributed by atoms with Gasteiger partial charge in [-0.05, 0) is 37.3 Å². The first kappa shape index (κ1) is 15.9. The number of hydrogen-bond donors (Lipinski definition) is 2. The van der Waals surface area contributed by atoms with Crippen LogP contribution in [0.2, 0.25) is 5.02 Å². The molecular weight excluding hydrogens is 362 g/mol. The summed E-state index contributed by atoms with van der Waals surface area (Å²) in [6.45, 7) is 2.16. The van der Waals surface area contributed by atoms with Gasteiger partial charge in [-0.2, -0.15) is 0 Å². The van der Waals surface area contributed by atoms with Gasteiger partial charge in [-0.3, -0.25) is 9.59 Å². The van der Waals surface area contributed by atoms with Gasteiger partial charge in [-0.25, -0.2) is 4.68 Å². The van der Waals surface area contributed by atoms with E-state index in [2.05, 4.69) is 10.1 Å². The molecule has 0 aliphatic carbocycles. The van der Waals surface area contributed by atoms with E-state index in [1.165, 1.54) is 11.3 Å². The van der Waals surface area contributed by atoms with Crippen LogP contribution in [0.1, 0.15) is 9.75 Å². The molecule has 0 bridgehead atoms. The Labute approximate surface area is 149 Å². The van der Waals surface area contributed by atoms with E-state index < -0.39 is 16.9 Å². The highest BCUT2D eigenvalue weighted by atomic mass is 35.5. The lowest BCUT2D eigenvalue weighted by atomic mass is 10.1. The van der Waals surface area contributed by atoms with Crippen LogP contribution in [0.25, 0.3) is 21.8 Å². The summed E-state index contributed by atoms with van der Waals surface area (Å²) < 4.78 is 1.11. The number of thiophene rings is 1. The summed E-state index contributed by atoms with van der Waals surface area (Å²) in [7, 11) is 0. The van der Waals surface area contributed by atoms with E-state index in [4.69, 9.17) is 11.6 Å². The number of hydrogen-bond acceptors (Lipinski definition) is 5. The number of aryl methyl sites for hydroxylation is 1. The fourth-order valence-electron chi connectivity index (χ4n) is 2.80. The Morgan fingerprint density at radius 3 is 2.80 bits per heavy atom. The Balaban J connectivity index is 2.02. The molecule has 0 saturated heterocycles. The maximum Gasteiger partial charge on any atom is 0.280 e. The molecule has 25 heavy (non-hydrogen) atoms. The molecule has 0 atom stereocenters. The summed E-state index contributed by atoms with van der Waals surface area (Å²) >= 11 is 7.47. The number of rotatable bonds is 2. The number of aromatic amines is 1. The molecule has 4 rings (SSSR count). The number of halogens is 1. The van der Waals surface area contributed by atoms with Gasteiger partial charge in [0.15, 0.2) is 0 Å². The Bertz CT molecular complexity index is 1260. The maximum absolute atomic E-state index is 12.8. The van der Waals surface area contributed by atoms with Gasteiger partial charge >= 0.3 is 0 Å². The van der Waals surface area contributed by atoms with Crippen molar-refractivity contribution in [2.75, 3.05) is 0 Å². The molecule has 3 aromatic heterocycles. The van der Waals surface area contributed by atoms with Crippen molar-refractivity contribution in [1.82, 2.24) is 14.8 Å². The van der Waals surface area contributed by atoms with Crippen LogP contribution >= 0.6 is 22.9 Å². The van der Waals surface area contributed by atoms with Crippen LogP contribution in [0, 0.1) is 6.92 Å². The predicted molar refractivity (Wildman–Crippen MR) is 99.0 cm³/mol. The van der Waals surface area contributed by atoms with Gasteiger partial charge in [0.1, 0.15) is 10.9 Å². The van der Waals surface area contributed by atoms with Crippen molar-refractivity contribution < 1.29 is 5.11 Å². The molecule has 0 amide bonds. The van der Waals surface area contributed by atoms with Crippen LogP contribution in [0.5, 0.6) is 5.88 Å². The smallest absolute Gasteiger partial charge is 0.280 e. The molecule has 8 heteroatoms. The van der Waals surface area contributed by atoms with Crippen LogP contribution < -0.4 is 11.0 Å². The van der Waals surface area contributed by atoms with Gasteiger partial charge in [0.05, 0.1) is 12.1 Å². The summed E-state index contributed by atoms with van der Waals surface area (Å²) in [5.41, 5.74) is -0.548. The third-order valence-electron chi connectivity index (χ3n) is 3.95. The SMILES string of the molecule is Cc1ccc(Cn2nc(O)c3[nH]c4cc(Cl)ccc4c(=O)c3c2=O)s1. The Hall–Kier alpha value is -2.64. The second-order valence-corrected chi connectivity index (χ2v) is 7.50. The molecule has 2 N–H and O–H groups in total. The average molecular weight is 374 g/mol. The summed E-state index contributed by atoms with van der Waals surface area (Å²) in [6, 6.07) is 8.54. The Kier molecular flexibility index (Phi) is 3.63. The number of benzene rings is 1. The zero-order chi connectivity index (χ0) is 17.7. The molecule has 0 spiro atoms. The van der Waals surface area contributed by atoms with E-state index in [9.17, 15) is 14.7 Å². The molecule has 3 heterocycles. The van der Waals surface area contributed by atoms with Crippen LogP contribution in [-0.2, 0) is 6.54 Å². The highest BCUT2D eigenvalue weighted by Crippen LogP contribution is 2.22. The lowest BCUT2D eigenvalue weighted by molar-refractivity contribution is 0.431. The number of aromatic hydroxyl groups is 1. The van der Waals surface area contributed by atoms with Gasteiger partial charge in [-0.15, -0.1) is 16.4 Å². The average Bonchev–Trinajstić information content (AvgIpc) is 2.97. The number of pyridine rings is 1. The summed E-state index contributed by atoms with van der Waals surface area (Å²) in [5, 5.41) is 14.8. The number of nitrogens with one attached hydrogen (secondary N) is 1. The molecule has 0 fully saturated rings. The van der Waals surface area contributed by atoms with Crippen molar-refractivity contribution in [2.24, 2.45) is 0 Å². The van der Waals surface area contributed by atoms with E-state index in [0.29, 0.717) is 15.9 Å². The minimum absolute atomic E-state index is 0.0170. The Morgan fingerprint density at radius 1 is 1.28 bits per heavy atom. The van der Waals surface area contributed by atoms with Crippen LogP contribution in [0.4, 0.5) is 0 Å². The van der Waals surface area contributed by atoms with E-state index in [0.717, 1.165) is 14.4 Å². The first-order valence-electron chi connectivity index (χ1n) is 7.44. The predicted octanol–water partition coefficient (Wildman–Crippen LogP) is 3.02. The van der Waals surface area contributed by atoms with Gasteiger partial charge in [-0.1, -0.05) is 11.6 Å². The zero-order valence-electron chi connectivity index (χ0n) is 13.0. The molecule has 1 aromatic carbocycles. The van der Waals surface area contributed by atoms with Crippen LogP contribution in [0.3, 0.4) is 0 Å². The van der Waals surface area contributed by atoms with Crippen LogP contribution in [-0.4, -0.2) is 19.9 Å². The van der Waals surface area contributed by atoms with E-state index in [-0.39, 0.29) is 17.4 Å². The van der Waals surface area contributed by atoms with Crippen molar-refractivity contribution in [2.45, 2.75) is 13.5 Å². The topological polar surface area (TPSA) is 88.0 Å². The molecule has 126 valence electrons. The first-order chi connectivity index (χ1) is 11.9. The van der Waals surface area contributed by atoms with Gasteiger partial charge in [0, 0.05) is 20.2 Å².